The Morgan fingerprint density at radius 2 is 2.17 bits per heavy atom. The maximum atomic E-state index is 11.9. The summed E-state index contributed by atoms with van der Waals surface area (Å²) in [6.07, 6.45) is 1.92. The van der Waals surface area contributed by atoms with Gasteiger partial charge in [0.2, 0.25) is 0 Å². The molecule has 5 heteroatoms. The van der Waals surface area contributed by atoms with Gasteiger partial charge < -0.3 is 5.32 Å². The average Bonchev–Trinajstić information content (AvgIpc) is 2.28. The van der Waals surface area contributed by atoms with E-state index < -0.39 is 4.92 Å². The normalized spacial score (nSPS) is 11.9. The number of hydrogen-bond donors (Lipinski definition) is 1. The first-order chi connectivity index (χ1) is 8.45. The molecular formula is C13H18N2O3. The fourth-order valence-corrected chi connectivity index (χ4v) is 1.81. The van der Waals surface area contributed by atoms with Gasteiger partial charge in [0.25, 0.3) is 11.6 Å². The fourth-order valence-electron chi connectivity index (χ4n) is 1.81. The van der Waals surface area contributed by atoms with Gasteiger partial charge in [0.05, 0.1) is 4.92 Å². The van der Waals surface area contributed by atoms with Gasteiger partial charge in [0.15, 0.2) is 0 Å². The lowest BCUT2D eigenvalue weighted by molar-refractivity contribution is -0.385. The molecule has 1 amide bonds. The van der Waals surface area contributed by atoms with E-state index in [0.717, 1.165) is 12.8 Å². The van der Waals surface area contributed by atoms with Crippen molar-refractivity contribution in [3.05, 3.63) is 39.4 Å². The molecular weight excluding hydrogens is 232 g/mol. The Balaban J connectivity index is 2.81. The van der Waals surface area contributed by atoms with Crippen LogP contribution in [0, 0.1) is 17.0 Å². The third-order valence-electron chi connectivity index (χ3n) is 2.75. The van der Waals surface area contributed by atoms with E-state index in [2.05, 4.69) is 12.2 Å². The number of carbonyl (C=O) groups excluding carboxylic acids is 1. The minimum atomic E-state index is -0.448. The highest BCUT2D eigenvalue weighted by atomic mass is 16.6. The summed E-state index contributed by atoms with van der Waals surface area (Å²) in [5, 5.41) is 13.5. The van der Waals surface area contributed by atoms with Crippen LogP contribution in [0.5, 0.6) is 0 Å². The lowest BCUT2D eigenvalue weighted by atomic mass is 10.1. The van der Waals surface area contributed by atoms with Crippen molar-refractivity contribution in [3.8, 4) is 0 Å². The highest BCUT2D eigenvalue weighted by Gasteiger charge is 2.14. The van der Waals surface area contributed by atoms with Gasteiger partial charge in [0, 0.05) is 23.2 Å². The molecule has 0 saturated carbocycles. The van der Waals surface area contributed by atoms with Crippen molar-refractivity contribution in [2.24, 2.45) is 0 Å². The van der Waals surface area contributed by atoms with Crippen LogP contribution < -0.4 is 5.32 Å². The summed E-state index contributed by atoms with van der Waals surface area (Å²) in [5.41, 5.74) is 0.991. The molecule has 0 aromatic heterocycles. The maximum Gasteiger partial charge on any atom is 0.272 e. The number of nitrogens with zero attached hydrogens (tertiary/aromatic N) is 1. The zero-order valence-corrected chi connectivity index (χ0v) is 10.9. The second-order valence-electron chi connectivity index (χ2n) is 4.42. The molecule has 0 aliphatic rings. The first-order valence-electron chi connectivity index (χ1n) is 6.01. The van der Waals surface area contributed by atoms with Crippen molar-refractivity contribution in [1.29, 1.82) is 0 Å². The zero-order chi connectivity index (χ0) is 13.7. The molecule has 1 atom stereocenters. The van der Waals surface area contributed by atoms with Crippen molar-refractivity contribution < 1.29 is 9.72 Å². The summed E-state index contributed by atoms with van der Waals surface area (Å²) in [7, 11) is 0. The second-order valence-corrected chi connectivity index (χ2v) is 4.42. The average molecular weight is 250 g/mol. The van der Waals surface area contributed by atoms with Crippen molar-refractivity contribution in [2.75, 3.05) is 0 Å². The number of nitro benzene ring substituents is 1. The summed E-state index contributed by atoms with van der Waals surface area (Å²) in [6, 6.07) is 4.51. The van der Waals surface area contributed by atoms with E-state index in [1.54, 1.807) is 13.0 Å². The molecule has 1 aromatic rings. The monoisotopic (exact) mass is 250 g/mol. The van der Waals surface area contributed by atoms with Crippen LogP contribution in [-0.2, 0) is 0 Å². The second kappa shape index (κ2) is 6.14. The van der Waals surface area contributed by atoms with Crippen LogP contribution in [0.15, 0.2) is 18.2 Å². The SMILES string of the molecule is CCC[C@H](C)NC(=O)c1ccc([N+](=O)[O-])c(C)c1. The lowest BCUT2D eigenvalue weighted by Crippen LogP contribution is -2.32. The lowest BCUT2D eigenvalue weighted by Gasteiger charge is -2.12. The van der Waals surface area contributed by atoms with E-state index in [4.69, 9.17) is 0 Å². The summed E-state index contributed by atoms with van der Waals surface area (Å²) < 4.78 is 0. The van der Waals surface area contributed by atoms with Crippen LogP contribution in [0.2, 0.25) is 0 Å². The largest absolute Gasteiger partial charge is 0.350 e. The summed E-state index contributed by atoms with van der Waals surface area (Å²) >= 11 is 0. The number of rotatable bonds is 5. The van der Waals surface area contributed by atoms with Gasteiger partial charge in [-0.25, -0.2) is 0 Å². The Bertz CT molecular complexity index is 458. The predicted octanol–water partition coefficient (Wildman–Crippen LogP) is 2.82. The van der Waals surface area contributed by atoms with Crippen LogP contribution >= 0.6 is 0 Å². The first-order valence-corrected chi connectivity index (χ1v) is 6.01. The van der Waals surface area contributed by atoms with Gasteiger partial charge in [-0.15, -0.1) is 0 Å². The molecule has 1 N–H and O–H groups in total. The Kier molecular flexibility index (Phi) is 4.83. The highest BCUT2D eigenvalue weighted by Crippen LogP contribution is 2.18. The van der Waals surface area contributed by atoms with E-state index >= 15 is 0 Å². The Morgan fingerprint density at radius 1 is 1.50 bits per heavy atom. The topological polar surface area (TPSA) is 72.2 Å². The van der Waals surface area contributed by atoms with E-state index in [1.807, 2.05) is 6.92 Å². The molecule has 1 rings (SSSR count). The van der Waals surface area contributed by atoms with Gasteiger partial charge in [0.1, 0.15) is 0 Å². The minimum Gasteiger partial charge on any atom is -0.350 e. The molecule has 98 valence electrons. The summed E-state index contributed by atoms with van der Waals surface area (Å²) in [5.74, 6) is -0.186. The molecule has 1 aromatic carbocycles. The Labute approximate surface area is 106 Å². The van der Waals surface area contributed by atoms with E-state index in [-0.39, 0.29) is 17.6 Å². The molecule has 18 heavy (non-hydrogen) atoms. The number of carbonyl (C=O) groups is 1. The third kappa shape index (κ3) is 3.55. The smallest absolute Gasteiger partial charge is 0.272 e. The maximum absolute atomic E-state index is 11.9. The van der Waals surface area contributed by atoms with Crippen molar-refractivity contribution in [3.63, 3.8) is 0 Å². The van der Waals surface area contributed by atoms with Crippen LogP contribution in [0.4, 0.5) is 5.69 Å². The van der Waals surface area contributed by atoms with Crippen LogP contribution in [0.1, 0.15) is 42.6 Å². The number of nitrogens with one attached hydrogen (secondary N) is 1. The van der Waals surface area contributed by atoms with Gasteiger partial charge >= 0.3 is 0 Å². The van der Waals surface area contributed by atoms with Gasteiger partial charge in [-0.1, -0.05) is 13.3 Å². The van der Waals surface area contributed by atoms with Gasteiger partial charge in [-0.2, -0.15) is 0 Å². The molecule has 0 saturated heterocycles. The van der Waals surface area contributed by atoms with E-state index in [1.165, 1.54) is 12.1 Å². The van der Waals surface area contributed by atoms with E-state index in [0.29, 0.717) is 11.1 Å². The van der Waals surface area contributed by atoms with Crippen LogP contribution in [0.3, 0.4) is 0 Å². The third-order valence-corrected chi connectivity index (χ3v) is 2.75. The van der Waals surface area contributed by atoms with Gasteiger partial charge in [-0.3, -0.25) is 14.9 Å². The molecule has 5 nitrogen and oxygen atoms in total. The Hall–Kier alpha value is -1.91. The predicted molar refractivity (Wildman–Crippen MR) is 69.7 cm³/mol. The first kappa shape index (κ1) is 14.2. The minimum absolute atomic E-state index is 0.0353. The molecule has 0 spiro atoms. The van der Waals surface area contributed by atoms with E-state index in [9.17, 15) is 14.9 Å². The number of hydrogen-bond acceptors (Lipinski definition) is 3. The number of aryl methyl sites for hydroxylation is 1. The molecule has 0 unspecified atom stereocenters. The standard InChI is InChI=1S/C13H18N2O3/c1-4-5-10(3)14-13(16)11-6-7-12(15(17)18)9(2)8-11/h6-8,10H,4-5H2,1-3H3,(H,14,16)/t10-/m0/s1. The van der Waals surface area contributed by atoms with Crippen LogP contribution in [-0.4, -0.2) is 16.9 Å². The highest BCUT2D eigenvalue weighted by molar-refractivity contribution is 5.94. The molecule has 0 bridgehead atoms. The summed E-state index contributed by atoms with van der Waals surface area (Å²) in [4.78, 5) is 22.1. The molecule has 0 aliphatic carbocycles. The molecule has 0 radical (unpaired) electrons. The quantitative estimate of drug-likeness (QED) is 0.645. The van der Waals surface area contributed by atoms with Gasteiger partial charge in [-0.05, 0) is 32.4 Å². The number of benzene rings is 1. The number of amides is 1. The summed E-state index contributed by atoms with van der Waals surface area (Å²) in [6.45, 7) is 5.63. The zero-order valence-electron chi connectivity index (χ0n) is 10.9. The number of nitro groups is 1. The van der Waals surface area contributed by atoms with Crippen molar-refractivity contribution in [2.45, 2.75) is 39.7 Å². The molecule has 0 heterocycles. The van der Waals surface area contributed by atoms with Crippen LogP contribution in [0.25, 0.3) is 0 Å². The Morgan fingerprint density at radius 3 is 2.67 bits per heavy atom. The van der Waals surface area contributed by atoms with Crippen molar-refractivity contribution in [1.82, 2.24) is 5.32 Å². The fraction of sp³-hybridized carbons (Fsp3) is 0.462. The molecule has 0 aliphatic heterocycles. The molecule has 0 fully saturated rings. The van der Waals surface area contributed by atoms with Crippen molar-refractivity contribution >= 4 is 11.6 Å².